The molecule has 0 aromatic carbocycles. The third kappa shape index (κ3) is 1.08. The highest BCUT2D eigenvalue weighted by Gasteiger charge is 2.43. The van der Waals surface area contributed by atoms with Crippen molar-refractivity contribution < 1.29 is 9.59 Å². The molecule has 0 amide bonds. The molecule has 0 saturated heterocycles. The maximum Gasteiger partial charge on any atom is 0.146 e. The molecular weight excluding hydrogens is 164 g/mol. The fourth-order valence-corrected chi connectivity index (χ4v) is 2.62. The third-order valence-corrected chi connectivity index (χ3v) is 3.54. The van der Waals surface area contributed by atoms with Crippen molar-refractivity contribution in [1.82, 2.24) is 0 Å². The highest BCUT2D eigenvalue weighted by molar-refractivity contribution is 5.92. The van der Waals surface area contributed by atoms with Gasteiger partial charge in [-0.2, -0.15) is 0 Å². The van der Waals surface area contributed by atoms with Crippen molar-refractivity contribution in [2.24, 2.45) is 5.41 Å². The Bertz CT molecular complexity index is 301. The number of hydrogen-bond acceptors (Lipinski definition) is 2. The van der Waals surface area contributed by atoms with E-state index < -0.39 is 0 Å². The molecule has 2 heteroatoms. The molecule has 2 aliphatic carbocycles. The van der Waals surface area contributed by atoms with E-state index in [1.807, 2.05) is 6.92 Å². The number of rotatable bonds is 1. The molecule has 0 radical (unpaired) electrons. The Morgan fingerprint density at radius 1 is 1.31 bits per heavy atom. The average Bonchev–Trinajstić information content (AvgIpc) is 2.45. The van der Waals surface area contributed by atoms with Gasteiger partial charge in [-0.25, -0.2) is 0 Å². The lowest BCUT2D eigenvalue weighted by molar-refractivity contribution is -0.127. The molecule has 0 N–H and O–H groups in total. The van der Waals surface area contributed by atoms with Crippen LogP contribution in [0.15, 0.2) is 11.1 Å². The molecule has 0 spiro atoms. The Morgan fingerprint density at radius 2 is 2.08 bits per heavy atom. The lowest BCUT2D eigenvalue weighted by atomic mass is 9.71. The van der Waals surface area contributed by atoms with Crippen LogP contribution in [0.25, 0.3) is 0 Å². The lowest BCUT2D eigenvalue weighted by Crippen LogP contribution is -2.31. The van der Waals surface area contributed by atoms with Crippen molar-refractivity contribution >= 4 is 12.1 Å². The molecule has 0 aromatic rings. The summed E-state index contributed by atoms with van der Waals surface area (Å²) in [4.78, 5) is 22.5. The van der Waals surface area contributed by atoms with E-state index in [9.17, 15) is 9.59 Å². The second-order valence-electron chi connectivity index (χ2n) is 4.23. The zero-order valence-electron chi connectivity index (χ0n) is 7.93. The van der Waals surface area contributed by atoms with E-state index in [4.69, 9.17) is 0 Å². The Kier molecular flexibility index (Phi) is 1.86. The SMILES string of the molecule is C[C@]12CCC(C=O)=C1CCCC2=O. The summed E-state index contributed by atoms with van der Waals surface area (Å²) in [5.74, 6) is 0.339. The summed E-state index contributed by atoms with van der Waals surface area (Å²) in [6.07, 6.45) is 5.19. The van der Waals surface area contributed by atoms with Crippen LogP contribution in [-0.2, 0) is 9.59 Å². The molecule has 0 aromatic heterocycles. The van der Waals surface area contributed by atoms with E-state index in [0.717, 1.165) is 43.1 Å². The molecule has 2 rings (SSSR count). The monoisotopic (exact) mass is 178 g/mol. The number of carbonyl (C=O) groups is 2. The van der Waals surface area contributed by atoms with Gasteiger partial charge in [-0.1, -0.05) is 5.57 Å². The van der Waals surface area contributed by atoms with Crippen LogP contribution in [0.1, 0.15) is 39.0 Å². The molecule has 0 heterocycles. The van der Waals surface area contributed by atoms with E-state index in [-0.39, 0.29) is 5.41 Å². The highest BCUT2D eigenvalue weighted by atomic mass is 16.1. The summed E-state index contributed by atoms with van der Waals surface area (Å²) in [6, 6.07) is 0. The molecule has 1 saturated carbocycles. The van der Waals surface area contributed by atoms with Gasteiger partial charge in [-0.3, -0.25) is 9.59 Å². The Labute approximate surface area is 78.0 Å². The number of hydrogen-bond donors (Lipinski definition) is 0. The minimum Gasteiger partial charge on any atom is -0.299 e. The normalized spacial score (nSPS) is 33.5. The van der Waals surface area contributed by atoms with Crippen molar-refractivity contribution in [3.8, 4) is 0 Å². The number of fused-ring (bicyclic) bond motifs is 1. The second kappa shape index (κ2) is 2.79. The molecule has 1 atom stereocenters. The Hall–Kier alpha value is -0.920. The maximum atomic E-state index is 11.7. The van der Waals surface area contributed by atoms with Crippen molar-refractivity contribution in [3.63, 3.8) is 0 Å². The van der Waals surface area contributed by atoms with E-state index in [2.05, 4.69) is 0 Å². The summed E-state index contributed by atoms with van der Waals surface area (Å²) >= 11 is 0. The van der Waals surface area contributed by atoms with Crippen molar-refractivity contribution in [3.05, 3.63) is 11.1 Å². The van der Waals surface area contributed by atoms with Crippen molar-refractivity contribution in [1.29, 1.82) is 0 Å². The number of ketones is 1. The summed E-state index contributed by atoms with van der Waals surface area (Å²) in [5, 5.41) is 0. The molecule has 2 nitrogen and oxygen atoms in total. The minimum atomic E-state index is -0.269. The fourth-order valence-electron chi connectivity index (χ4n) is 2.62. The first kappa shape index (κ1) is 8.67. The van der Waals surface area contributed by atoms with Crippen LogP contribution in [-0.4, -0.2) is 12.1 Å². The maximum absolute atomic E-state index is 11.7. The summed E-state index contributed by atoms with van der Waals surface area (Å²) in [5.41, 5.74) is 1.77. The van der Waals surface area contributed by atoms with Gasteiger partial charge in [0.2, 0.25) is 0 Å². The van der Waals surface area contributed by atoms with Crippen molar-refractivity contribution in [2.75, 3.05) is 0 Å². The number of carbonyl (C=O) groups excluding carboxylic acids is 2. The Morgan fingerprint density at radius 3 is 2.77 bits per heavy atom. The predicted molar refractivity (Wildman–Crippen MR) is 49.3 cm³/mol. The molecule has 1 fully saturated rings. The van der Waals surface area contributed by atoms with Gasteiger partial charge in [0.25, 0.3) is 0 Å². The molecular formula is C11H14O2. The number of aldehydes is 1. The second-order valence-corrected chi connectivity index (χ2v) is 4.23. The van der Waals surface area contributed by atoms with Gasteiger partial charge >= 0.3 is 0 Å². The average molecular weight is 178 g/mol. The van der Waals surface area contributed by atoms with Gasteiger partial charge in [0, 0.05) is 11.8 Å². The topological polar surface area (TPSA) is 34.1 Å². The Balaban J connectivity index is 2.44. The third-order valence-electron chi connectivity index (χ3n) is 3.54. The quantitative estimate of drug-likeness (QED) is 0.576. The van der Waals surface area contributed by atoms with E-state index in [1.165, 1.54) is 0 Å². The predicted octanol–water partition coefficient (Wildman–Crippen LogP) is 2.04. The zero-order chi connectivity index (χ0) is 9.47. The van der Waals surface area contributed by atoms with Gasteiger partial charge in [0.1, 0.15) is 12.1 Å². The fraction of sp³-hybridized carbons (Fsp3) is 0.636. The molecule has 70 valence electrons. The van der Waals surface area contributed by atoms with Crippen molar-refractivity contribution in [2.45, 2.75) is 39.0 Å². The molecule has 0 unspecified atom stereocenters. The van der Waals surface area contributed by atoms with Gasteiger partial charge in [-0.15, -0.1) is 0 Å². The molecule has 0 bridgehead atoms. The van der Waals surface area contributed by atoms with Crippen LogP contribution in [0.5, 0.6) is 0 Å². The van der Waals surface area contributed by atoms with Gasteiger partial charge < -0.3 is 0 Å². The summed E-state index contributed by atoms with van der Waals surface area (Å²) in [6.45, 7) is 2.00. The number of allylic oxidation sites excluding steroid dienone is 2. The van der Waals surface area contributed by atoms with Gasteiger partial charge in [0.15, 0.2) is 0 Å². The molecule has 0 aliphatic heterocycles. The van der Waals surface area contributed by atoms with E-state index in [0.29, 0.717) is 12.2 Å². The van der Waals surface area contributed by atoms with Crippen LogP contribution in [0.4, 0.5) is 0 Å². The summed E-state index contributed by atoms with van der Waals surface area (Å²) in [7, 11) is 0. The van der Waals surface area contributed by atoms with Gasteiger partial charge in [0.05, 0.1) is 0 Å². The first-order valence-corrected chi connectivity index (χ1v) is 4.89. The molecule has 2 aliphatic rings. The van der Waals surface area contributed by atoms with Crippen LogP contribution in [0, 0.1) is 5.41 Å². The first-order valence-electron chi connectivity index (χ1n) is 4.89. The standard InChI is InChI=1S/C11H14O2/c1-11-6-5-8(7-12)9(11)3-2-4-10(11)13/h7H,2-6H2,1H3/t11-/m0/s1. The van der Waals surface area contributed by atoms with E-state index in [1.54, 1.807) is 0 Å². The van der Waals surface area contributed by atoms with E-state index >= 15 is 0 Å². The van der Waals surface area contributed by atoms with Crippen LogP contribution >= 0.6 is 0 Å². The smallest absolute Gasteiger partial charge is 0.146 e. The molecule has 13 heavy (non-hydrogen) atoms. The largest absolute Gasteiger partial charge is 0.299 e. The van der Waals surface area contributed by atoms with Crippen LogP contribution < -0.4 is 0 Å². The first-order chi connectivity index (χ1) is 6.18. The zero-order valence-corrected chi connectivity index (χ0v) is 7.93. The number of Topliss-reactive ketones (excluding diaryl/α,β-unsaturated/α-hetero) is 1. The highest BCUT2D eigenvalue weighted by Crippen LogP contribution is 2.48. The van der Waals surface area contributed by atoms with Gasteiger partial charge in [-0.05, 0) is 38.2 Å². The van der Waals surface area contributed by atoms with Crippen LogP contribution in [0.2, 0.25) is 0 Å². The minimum absolute atomic E-state index is 0.269. The van der Waals surface area contributed by atoms with Crippen LogP contribution in [0.3, 0.4) is 0 Å². The summed E-state index contributed by atoms with van der Waals surface area (Å²) < 4.78 is 0. The lowest BCUT2D eigenvalue weighted by Gasteiger charge is -2.30.